The Hall–Kier alpha value is -3.90. The molecular formula is C30H36F3N5O4. The Bertz CT molecular complexity index is 1420. The summed E-state index contributed by atoms with van der Waals surface area (Å²) in [4.78, 5) is 30.4. The minimum Gasteiger partial charge on any atom is -0.486 e. The Morgan fingerprint density at radius 1 is 1.24 bits per heavy atom. The van der Waals surface area contributed by atoms with Gasteiger partial charge in [0, 0.05) is 32.6 Å². The number of aromatic nitrogens is 2. The van der Waals surface area contributed by atoms with Crippen LogP contribution in [0.2, 0.25) is 0 Å². The van der Waals surface area contributed by atoms with E-state index in [0.29, 0.717) is 42.3 Å². The number of rotatable bonds is 8. The molecular weight excluding hydrogens is 551 g/mol. The summed E-state index contributed by atoms with van der Waals surface area (Å²) in [6.07, 6.45) is -4.88. The number of carbonyl (C=O) groups is 2. The van der Waals surface area contributed by atoms with Gasteiger partial charge in [-0.2, -0.15) is 18.3 Å². The van der Waals surface area contributed by atoms with Crippen molar-refractivity contribution in [3.8, 4) is 5.75 Å². The number of likely N-dealkylation sites (N-methyl/N-ethyl adjacent to an activating group) is 1. The minimum absolute atomic E-state index is 0.199. The maximum Gasteiger partial charge on any atom is 0.416 e. The van der Waals surface area contributed by atoms with Crippen molar-refractivity contribution in [3.05, 3.63) is 76.6 Å². The zero-order valence-electron chi connectivity index (χ0n) is 24.3. The summed E-state index contributed by atoms with van der Waals surface area (Å²) in [6.45, 7) is 6.29. The Labute approximate surface area is 242 Å². The van der Waals surface area contributed by atoms with Crippen LogP contribution in [0.1, 0.15) is 51.5 Å². The van der Waals surface area contributed by atoms with Gasteiger partial charge < -0.3 is 20.1 Å². The average Bonchev–Trinajstić information content (AvgIpc) is 3.28. The van der Waals surface area contributed by atoms with Gasteiger partial charge in [-0.15, -0.1) is 0 Å². The third-order valence-corrected chi connectivity index (χ3v) is 7.40. The van der Waals surface area contributed by atoms with Gasteiger partial charge in [0.2, 0.25) is 0 Å². The van der Waals surface area contributed by atoms with E-state index in [0.717, 1.165) is 12.1 Å². The average molecular weight is 588 g/mol. The number of aryl methyl sites for hydroxylation is 2. The fraction of sp³-hybridized carbons (Fsp3) is 0.433. The highest BCUT2D eigenvalue weighted by Crippen LogP contribution is 2.35. The van der Waals surface area contributed by atoms with E-state index >= 15 is 0 Å². The molecule has 0 spiro atoms. The lowest BCUT2D eigenvalue weighted by Gasteiger charge is -2.38. The van der Waals surface area contributed by atoms with Gasteiger partial charge >= 0.3 is 6.18 Å². The number of anilines is 1. The third-order valence-electron chi connectivity index (χ3n) is 7.40. The van der Waals surface area contributed by atoms with Crippen LogP contribution in [-0.2, 0) is 19.8 Å². The van der Waals surface area contributed by atoms with Gasteiger partial charge in [0.1, 0.15) is 11.8 Å². The van der Waals surface area contributed by atoms with Crippen LogP contribution in [0.25, 0.3) is 0 Å². The largest absolute Gasteiger partial charge is 0.486 e. The van der Waals surface area contributed by atoms with Gasteiger partial charge in [-0.25, -0.2) is 0 Å². The molecule has 1 aromatic heterocycles. The topological polar surface area (TPSA) is 99.9 Å². The van der Waals surface area contributed by atoms with E-state index in [-0.39, 0.29) is 29.7 Å². The Kier molecular flexibility index (Phi) is 9.27. The van der Waals surface area contributed by atoms with E-state index < -0.39 is 29.8 Å². The normalized spacial score (nSPS) is 18.2. The van der Waals surface area contributed by atoms with Crippen LogP contribution in [0.3, 0.4) is 0 Å². The standard InChI is InChI=1S/C30H36F3N5O4/c1-18-14-38(20(3)17-39)29(41)23-7-6-8-24(34-28(40)25-13-19(2)35-37(25)5)27(23)42-26(18)16-36(4)15-21-9-11-22(12-10-21)30(31,32)33/h6-13,18,20,26,39H,14-17H2,1-5H3,(H,34,40)/t18-,20-,26+/m0/s1. The van der Waals surface area contributed by atoms with E-state index in [1.165, 1.54) is 16.8 Å². The predicted octanol–water partition coefficient (Wildman–Crippen LogP) is 4.35. The second-order valence-electron chi connectivity index (χ2n) is 10.9. The number of nitrogens with zero attached hydrogens (tertiary/aromatic N) is 4. The highest BCUT2D eigenvalue weighted by atomic mass is 19.4. The molecule has 0 saturated carbocycles. The van der Waals surface area contributed by atoms with Crippen molar-refractivity contribution < 1.29 is 32.6 Å². The van der Waals surface area contributed by atoms with Crippen molar-refractivity contribution in [2.24, 2.45) is 13.0 Å². The summed E-state index contributed by atoms with van der Waals surface area (Å²) in [7, 11) is 3.50. The van der Waals surface area contributed by atoms with E-state index in [1.54, 1.807) is 50.1 Å². The number of hydrogen-bond donors (Lipinski definition) is 2. The zero-order chi connectivity index (χ0) is 30.8. The molecule has 3 atom stereocenters. The molecule has 2 aromatic carbocycles. The third kappa shape index (κ3) is 6.93. The van der Waals surface area contributed by atoms with Crippen molar-refractivity contribution in [1.82, 2.24) is 19.6 Å². The number of aliphatic hydroxyl groups excluding tert-OH is 1. The molecule has 0 bridgehead atoms. The number of nitrogens with one attached hydrogen (secondary N) is 1. The molecule has 42 heavy (non-hydrogen) atoms. The lowest BCUT2D eigenvalue weighted by atomic mass is 9.98. The molecule has 0 aliphatic carbocycles. The summed E-state index contributed by atoms with van der Waals surface area (Å²) in [5.41, 5.74) is 1.56. The van der Waals surface area contributed by atoms with Crippen molar-refractivity contribution in [3.63, 3.8) is 0 Å². The fourth-order valence-corrected chi connectivity index (χ4v) is 5.05. The number of carbonyl (C=O) groups excluding carboxylic acids is 2. The van der Waals surface area contributed by atoms with Gasteiger partial charge in [0.05, 0.1) is 35.2 Å². The molecule has 9 nitrogen and oxygen atoms in total. The van der Waals surface area contributed by atoms with Crippen LogP contribution in [0.5, 0.6) is 5.75 Å². The van der Waals surface area contributed by atoms with Gasteiger partial charge in [0.15, 0.2) is 5.75 Å². The number of benzene rings is 2. The maximum absolute atomic E-state index is 13.7. The molecule has 1 aliphatic rings. The van der Waals surface area contributed by atoms with Crippen molar-refractivity contribution >= 4 is 17.5 Å². The van der Waals surface area contributed by atoms with E-state index in [1.807, 2.05) is 18.9 Å². The molecule has 2 heterocycles. The van der Waals surface area contributed by atoms with E-state index in [9.17, 15) is 27.9 Å². The van der Waals surface area contributed by atoms with E-state index in [4.69, 9.17) is 4.74 Å². The van der Waals surface area contributed by atoms with Gasteiger partial charge in [-0.05, 0) is 56.8 Å². The smallest absolute Gasteiger partial charge is 0.416 e. The second kappa shape index (κ2) is 12.5. The Morgan fingerprint density at radius 3 is 2.52 bits per heavy atom. The van der Waals surface area contributed by atoms with E-state index in [2.05, 4.69) is 10.4 Å². The molecule has 0 unspecified atom stereocenters. The summed E-state index contributed by atoms with van der Waals surface area (Å²) in [6, 6.07) is 11.1. The van der Waals surface area contributed by atoms with Crippen molar-refractivity contribution in [1.29, 1.82) is 0 Å². The molecule has 3 aromatic rings. The van der Waals surface area contributed by atoms with Crippen LogP contribution in [0.4, 0.5) is 18.9 Å². The second-order valence-corrected chi connectivity index (χ2v) is 10.9. The summed E-state index contributed by atoms with van der Waals surface area (Å²) in [5, 5.41) is 17.0. The molecule has 12 heteroatoms. The minimum atomic E-state index is -4.41. The molecule has 2 N–H and O–H groups in total. The number of amides is 2. The van der Waals surface area contributed by atoms with Gasteiger partial charge in [0.25, 0.3) is 11.8 Å². The Morgan fingerprint density at radius 2 is 1.93 bits per heavy atom. The summed E-state index contributed by atoms with van der Waals surface area (Å²) in [5.74, 6) is -0.740. The number of hydrogen-bond acceptors (Lipinski definition) is 6. The number of halogens is 3. The lowest BCUT2D eigenvalue weighted by molar-refractivity contribution is -0.137. The SMILES string of the molecule is Cc1cc(C(=O)Nc2cccc3c2O[C@H](CN(C)Cc2ccc(C(F)(F)F)cc2)[C@@H](C)CN([C@@H](C)CO)C3=O)n(C)n1. The summed E-state index contributed by atoms with van der Waals surface area (Å²) >= 11 is 0. The molecule has 2 amide bonds. The Balaban J connectivity index is 1.64. The van der Waals surface area contributed by atoms with Crippen LogP contribution in [0, 0.1) is 12.8 Å². The maximum atomic E-state index is 13.7. The first-order valence-electron chi connectivity index (χ1n) is 13.7. The first-order chi connectivity index (χ1) is 19.8. The number of para-hydroxylation sites is 1. The highest BCUT2D eigenvalue weighted by Gasteiger charge is 2.35. The lowest BCUT2D eigenvalue weighted by Crippen LogP contribution is -2.49. The molecule has 0 saturated heterocycles. The first-order valence-corrected chi connectivity index (χ1v) is 13.7. The molecule has 0 fully saturated rings. The van der Waals surface area contributed by atoms with Crippen LogP contribution in [0.15, 0.2) is 48.5 Å². The quantitative estimate of drug-likeness (QED) is 0.407. The molecule has 0 radical (unpaired) electrons. The van der Waals surface area contributed by atoms with Crippen LogP contribution < -0.4 is 10.1 Å². The van der Waals surface area contributed by atoms with Crippen molar-refractivity contribution in [2.45, 2.75) is 45.6 Å². The zero-order valence-corrected chi connectivity index (χ0v) is 24.3. The van der Waals surface area contributed by atoms with Crippen LogP contribution >= 0.6 is 0 Å². The summed E-state index contributed by atoms with van der Waals surface area (Å²) < 4.78 is 47.0. The fourth-order valence-electron chi connectivity index (χ4n) is 5.05. The predicted molar refractivity (Wildman–Crippen MR) is 151 cm³/mol. The number of ether oxygens (including phenoxy) is 1. The number of fused-ring (bicyclic) bond motifs is 1. The molecule has 226 valence electrons. The highest BCUT2D eigenvalue weighted by molar-refractivity contribution is 6.06. The van der Waals surface area contributed by atoms with Crippen LogP contribution in [-0.4, -0.2) is 75.4 Å². The van der Waals surface area contributed by atoms with Crippen molar-refractivity contribution in [2.75, 3.05) is 32.1 Å². The number of alkyl halides is 3. The monoisotopic (exact) mass is 587 g/mol. The number of aliphatic hydroxyl groups is 1. The molecule has 1 aliphatic heterocycles. The first kappa shape index (κ1) is 31.0. The van der Waals surface area contributed by atoms with Gasteiger partial charge in [-0.1, -0.05) is 25.1 Å². The molecule has 4 rings (SSSR count). The van der Waals surface area contributed by atoms with Gasteiger partial charge in [-0.3, -0.25) is 19.2 Å².